The lowest BCUT2D eigenvalue weighted by Crippen LogP contribution is -2.45. The van der Waals surface area contributed by atoms with Gasteiger partial charge in [-0.3, -0.25) is 4.99 Å². The summed E-state index contributed by atoms with van der Waals surface area (Å²) in [5.74, 6) is -0.0867. The molecule has 0 bridgehead atoms. The third kappa shape index (κ3) is 5.27. The van der Waals surface area contributed by atoms with Crippen molar-refractivity contribution in [3.8, 4) is 11.5 Å². The maximum absolute atomic E-state index is 12.8. The van der Waals surface area contributed by atoms with Crippen LogP contribution < -0.4 is 10.6 Å². The normalized spacial score (nSPS) is 20.8. The minimum Gasteiger partial charge on any atom is -0.444 e. The Kier molecular flexibility index (Phi) is 6.26. The van der Waals surface area contributed by atoms with Crippen molar-refractivity contribution in [3.05, 3.63) is 41.8 Å². The number of nitrogens with one attached hydrogen (secondary N) is 2. The van der Waals surface area contributed by atoms with E-state index in [9.17, 15) is 13.2 Å². The fourth-order valence-corrected chi connectivity index (χ4v) is 3.34. The number of benzene rings is 1. The van der Waals surface area contributed by atoms with Crippen molar-refractivity contribution in [2.24, 2.45) is 10.9 Å². The highest BCUT2D eigenvalue weighted by Gasteiger charge is 2.41. The zero-order valence-electron chi connectivity index (χ0n) is 16.0. The molecule has 0 unspecified atom stereocenters. The first-order valence-corrected chi connectivity index (χ1v) is 9.40. The van der Waals surface area contributed by atoms with E-state index in [1.54, 1.807) is 13.3 Å². The molecule has 2 aromatic rings. The van der Waals surface area contributed by atoms with E-state index in [0.717, 1.165) is 16.8 Å². The lowest BCUT2D eigenvalue weighted by Gasteiger charge is -2.31. The summed E-state index contributed by atoms with van der Waals surface area (Å²) >= 11 is 0. The van der Waals surface area contributed by atoms with Crippen molar-refractivity contribution >= 4 is 5.96 Å². The van der Waals surface area contributed by atoms with E-state index in [2.05, 4.69) is 20.6 Å². The Morgan fingerprint density at radius 2 is 1.86 bits per heavy atom. The molecule has 1 aliphatic carbocycles. The number of nitrogens with zero attached hydrogens (tertiary/aromatic N) is 2. The number of aliphatic imine (C=N–C) groups is 1. The van der Waals surface area contributed by atoms with Crippen LogP contribution in [0.1, 0.15) is 36.9 Å². The first-order valence-electron chi connectivity index (χ1n) is 9.40. The molecule has 0 spiro atoms. The molecule has 1 heterocycles. The predicted octanol–water partition coefficient (Wildman–Crippen LogP) is 4.44. The third-order valence-electron chi connectivity index (χ3n) is 5.04. The minimum absolute atomic E-state index is 0.00905. The van der Waals surface area contributed by atoms with Gasteiger partial charge in [-0.05, 0) is 44.7 Å². The van der Waals surface area contributed by atoms with Crippen molar-refractivity contribution in [2.45, 2.75) is 51.4 Å². The van der Waals surface area contributed by atoms with E-state index in [-0.39, 0.29) is 18.9 Å². The van der Waals surface area contributed by atoms with E-state index in [1.165, 1.54) is 0 Å². The SMILES string of the molecule is CN=C(NCc1coc(-c2ccc(C)cc2)n1)NC1CCC(C(F)(F)F)CC1. The zero-order chi connectivity index (χ0) is 20.1. The molecular weight excluding hydrogens is 369 g/mol. The van der Waals surface area contributed by atoms with E-state index >= 15 is 0 Å². The van der Waals surface area contributed by atoms with Gasteiger partial charge >= 0.3 is 6.18 Å². The van der Waals surface area contributed by atoms with Gasteiger partial charge in [-0.25, -0.2) is 4.98 Å². The number of alkyl halides is 3. The molecule has 1 aromatic heterocycles. The second kappa shape index (κ2) is 8.67. The summed E-state index contributed by atoms with van der Waals surface area (Å²) in [7, 11) is 1.64. The lowest BCUT2D eigenvalue weighted by atomic mass is 9.85. The van der Waals surface area contributed by atoms with Crippen LogP contribution in [0.4, 0.5) is 13.2 Å². The smallest absolute Gasteiger partial charge is 0.391 e. The summed E-state index contributed by atoms with van der Waals surface area (Å²) in [6.07, 6.45) is -1.24. The highest BCUT2D eigenvalue weighted by Crippen LogP contribution is 2.37. The van der Waals surface area contributed by atoms with Crippen LogP contribution in [0, 0.1) is 12.8 Å². The van der Waals surface area contributed by atoms with Gasteiger partial charge < -0.3 is 15.1 Å². The Morgan fingerprint density at radius 3 is 2.46 bits per heavy atom. The lowest BCUT2D eigenvalue weighted by molar-refractivity contribution is -0.182. The molecule has 0 aliphatic heterocycles. The molecule has 1 aliphatic rings. The molecule has 0 radical (unpaired) electrons. The zero-order valence-corrected chi connectivity index (χ0v) is 16.0. The second-order valence-corrected chi connectivity index (χ2v) is 7.17. The van der Waals surface area contributed by atoms with Gasteiger partial charge in [-0.2, -0.15) is 13.2 Å². The Hall–Kier alpha value is -2.51. The molecule has 8 heteroatoms. The van der Waals surface area contributed by atoms with Crippen LogP contribution in [-0.4, -0.2) is 30.2 Å². The molecule has 0 atom stereocenters. The Bertz CT molecular complexity index is 791. The van der Waals surface area contributed by atoms with Crippen LogP contribution in [0.5, 0.6) is 0 Å². The molecule has 0 amide bonds. The summed E-state index contributed by atoms with van der Waals surface area (Å²) in [6, 6.07) is 7.89. The van der Waals surface area contributed by atoms with Gasteiger partial charge in [-0.15, -0.1) is 0 Å². The largest absolute Gasteiger partial charge is 0.444 e. The Labute approximate surface area is 162 Å². The molecule has 3 rings (SSSR count). The molecule has 1 aromatic carbocycles. The van der Waals surface area contributed by atoms with E-state index < -0.39 is 12.1 Å². The van der Waals surface area contributed by atoms with Gasteiger partial charge in [0.2, 0.25) is 5.89 Å². The maximum atomic E-state index is 12.8. The number of aryl methyl sites for hydroxylation is 1. The highest BCUT2D eigenvalue weighted by atomic mass is 19.4. The molecule has 5 nitrogen and oxygen atoms in total. The molecule has 28 heavy (non-hydrogen) atoms. The molecular formula is C20H25F3N4O. The summed E-state index contributed by atoms with van der Waals surface area (Å²) in [5.41, 5.74) is 2.79. The Balaban J connectivity index is 1.49. The van der Waals surface area contributed by atoms with Gasteiger partial charge in [-0.1, -0.05) is 17.7 Å². The van der Waals surface area contributed by atoms with Crippen LogP contribution in [0.2, 0.25) is 0 Å². The topological polar surface area (TPSA) is 62.5 Å². The average Bonchev–Trinajstić information content (AvgIpc) is 3.14. The fourth-order valence-electron chi connectivity index (χ4n) is 3.34. The highest BCUT2D eigenvalue weighted by molar-refractivity contribution is 5.79. The van der Waals surface area contributed by atoms with Crippen molar-refractivity contribution < 1.29 is 17.6 Å². The van der Waals surface area contributed by atoms with Crippen molar-refractivity contribution in [3.63, 3.8) is 0 Å². The minimum atomic E-state index is -4.09. The molecule has 152 valence electrons. The fraction of sp³-hybridized carbons (Fsp3) is 0.500. The maximum Gasteiger partial charge on any atom is 0.391 e. The summed E-state index contributed by atoms with van der Waals surface area (Å²) in [4.78, 5) is 8.62. The summed E-state index contributed by atoms with van der Waals surface area (Å²) in [6.45, 7) is 2.43. The average molecular weight is 394 g/mol. The van der Waals surface area contributed by atoms with Crippen LogP contribution in [0.15, 0.2) is 39.9 Å². The first kappa shape index (κ1) is 20.2. The van der Waals surface area contributed by atoms with Crippen LogP contribution in [-0.2, 0) is 6.54 Å². The number of halogens is 3. The monoisotopic (exact) mass is 394 g/mol. The van der Waals surface area contributed by atoms with Gasteiger partial charge in [0, 0.05) is 18.7 Å². The third-order valence-corrected chi connectivity index (χ3v) is 5.04. The molecule has 1 fully saturated rings. The molecule has 1 saturated carbocycles. The van der Waals surface area contributed by atoms with Gasteiger partial charge in [0.05, 0.1) is 18.2 Å². The molecule has 0 saturated heterocycles. The van der Waals surface area contributed by atoms with Crippen LogP contribution in [0.25, 0.3) is 11.5 Å². The van der Waals surface area contributed by atoms with Crippen molar-refractivity contribution in [2.75, 3.05) is 7.05 Å². The summed E-state index contributed by atoms with van der Waals surface area (Å²) in [5, 5.41) is 6.35. The number of oxazole rings is 1. The number of hydrogen-bond donors (Lipinski definition) is 2. The van der Waals surface area contributed by atoms with Crippen molar-refractivity contribution in [1.29, 1.82) is 0 Å². The predicted molar refractivity (Wildman–Crippen MR) is 102 cm³/mol. The number of hydrogen-bond acceptors (Lipinski definition) is 3. The second-order valence-electron chi connectivity index (χ2n) is 7.17. The van der Waals surface area contributed by atoms with Gasteiger partial charge in [0.15, 0.2) is 5.96 Å². The standard InChI is InChI=1S/C20H25F3N4O/c1-13-3-5-14(6-4-13)18-26-17(12-28-18)11-25-19(24-2)27-16-9-7-15(8-10-16)20(21,22)23/h3-6,12,15-16H,7-11H2,1-2H3,(H2,24,25,27). The first-order chi connectivity index (χ1) is 13.3. The quantitative estimate of drug-likeness (QED) is 0.595. The van der Waals surface area contributed by atoms with Crippen molar-refractivity contribution in [1.82, 2.24) is 15.6 Å². The Morgan fingerprint density at radius 1 is 1.18 bits per heavy atom. The van der Waals surface area contributed by atoms with Crippen LogP contribution in [0.3, 0.4) is 0 Å². The summed E-state index contributed by atoms with van der Waals surface area (Å²) < 4.78 is 43.9. The number of guanidine groups is 1. The van der Waals surface area contributed by atoms with E-state index in [0.29, 0.717) is 31.2 Å². The van der Waals surface area contributed by atoms with E-state index in [1.807, 2.05) is 31.2 Å². The van der Waals surface area contributed by atoms with Gasteiger partial charge in [0.1, 0.15) is 6.26 Å². The van der Waals surface area contributed by atoms with E-state index in [4.69, 9.17) is 4.42 Å². The number of rotatable bonds is 4. The van der Waals surface area contributed by atoms with Crippen LogP contribution >= 0.6 is 0 Å². The van der Waals surface area contributed by atoms with Gasteiger partial charge in [0.25, 0.3) is 0 Å². The number of aromatic nitrogens is 1. The molecule has 2 N–H and O–H groups in total.